The van der Waals surface area contributed by atoms with E-state index in [2.05, 4.69) is 42.9 Å². The van der Waals surface area contributed by atoms with Crippen molar-refractivity contribution in [2.45, 2.75) is 6.61 Å². The number of halogens is 2. The molecule has 0 bridgehead atoms. The molecule has 0 amide bonds. The van der Waals surface area contributed by atoms with E-state index in [1.165, 1.54) is 0 Å². The summed E-state index contributed by atoms with van der Waals surface area (Å²) < 4.78 is 2.00. The zero-order chi connectivity index (χ0) is 16.0. The molecular weight excluding hydrogens is 420 g/mol. The van der Waals surface area contributed by atoms with Crippen LogP contribution in [0, 0.1) is 0 Å². The van der Waals surface area contributed by atoms with Gasteiger partial charge in [-0.05, 0) is 48.0 Å². The van der Waals surface area contributed by atoms with E-state index in [0.29, 0.717) is 0 Å². The summed E-state index contributed by atoms with van der Waals surface area (Å²) in [5.74, 6) is 0. The first kappa shape index (κ1) is 14.9. The lowest BCUT2D eigenvalue weighted by Gasteiger charge is -2.08. The molecule has 0 saturated carbocycles. The second-order valence-corrected chi connectivity index (χ2v) is 7.21. The van der Waals surface area contributed by atoms with Crippen molar-refractivity contribution in [2.24, 2.45) is 0 Å². The molecule has 0 saturated heterocycles. The highest BCUT2D eigenvalue weighted by Gasteiger charge is 2.12. The van der Waals surface area contributed by atoms with E-state index in [4.69, 9.17) is 4.98 Å². The molecule has 0 fully saturated rings. The maximum atomic E-state index is 9.75. The van der Waals surface area contributed by atoms with Gasteiger partial charge in [-0.15, -0.1) is 0 Å². The van der Waals surface area contributed by atoms with E-state index < -0.39 is 0 Å². The van der Waals surface area contributed by atoms with Gasteiger partial charge in [0.1, 0.15) is 0 Å². The summed E-state index contributed by atoms with van der Waals surface area (Å²) >= 11 is 6.99. The lowest BCUT2D eigenvalue weighted by Crippen LogP contribution is -1.92. The number of H-pyrrole nitrogens is 1. The van der Waals surface area contributed by atoms with Gasteiger partial charge in [-0.1, -0.05) is 31.9 Å². The number of aromatic amines is 1. The van der Waals surface area contributed by atoms with E-state index >= 15 is 0 Å². The number of hydrogen-bond donors (Lipinski definition) is 2. The molecule has 23 heavy (non-hydrogen) atoms. The van der Waals surface area contributed by atoms with Gasteiger partial charge in [0.25, 0.3) is 0 Å². The monoisotopic (exact) mass is 430 g/mol. The van der Waals surface area contributed by atoms with Gasteiger partial charge in [-0.2, -0.15) is 0 Å². The number of benzene rings is 2. The van der Waals surface area contributed by atoms with Crippen LogP contribution >= 0.6 is 31.9 Å². The van der Waals surface area contributed by atoms with Crippen molar-refractivity contribution in [3.63, 3.8) is 0 Å². The number of nitrogens with zero attached hydrogens (tertiary/aromatic N) is 1. The Kier molecular flexibility index (Phi) is 3.71. The third-order valence-corrected chi connectivity index (χ3v) is 4.93. The van der Waals surface area contributed by atoms with Gasteiger partial charge >= 0.3 is 0 Å². The van der Waals surface area contributed by atoms with Crippen LogP contribution in [0.15, 0.2) is 57.6 Å². The molecule has 2 heterocycles. The average molecular weight is 432 g/mol. The fourth-order valence-corrected chi connectivity index (χ4v) is 3.56. The number of hydrogen-bond acceptors (Lipinski definition) is 2. The average Bonchev–Trinajstić information content (AvgIpc) is 2.97. The molecule has 0 unspecified atom stereocenters. The molecule has 0 aliphatic rings. The van der Waals surface area contributed by atoms with E-state index in [-0.39, 0.29) is 6.61 Å². The third kappa shape index (κ3) is 2.59. The van der Waals surface area contributed by atoms with Gasteiger partial charge in [0.2, 0.25) is 0 Å². The Morgan fingerprint density at radius 2 is 1.70 bits per heavy atom. The van der Waals surface area contributed by atoms with E-state index in [1.54, 1.807) is 0 Å². The van der Waals surface area contributed by atoms with E-state index in [9.17, 15) is 5.11 Å². The Morgan fingerprint density at radius 3 is 2.48 bits per heavy atom. The summed E-state index contributed by atoms with van der Waals surface area (Å²) in [4.78, 5) is 8.06. The summed E-state index contributed by atoms with van der Waals surface area (Å²) in [6.45, 7) is -0.0193. The molecule has 0 aliphatic heterocycles. The Bertz CT molecular complexity index is 1040. The van der Waals surface area contributed by atoms with Gasteiger partial charge in [-0.3, -0.25) is 0 Å². The molecule has 2 N–H and O–H groups in total. The van der Waals surface area contributed by atoms with Crippen LogP contribution in [0.5, 0.6) is 0 Å². The standard InChI is InChI=1S/C18H12Br2N2O/c19-11-2-4-17-13(6-11)10(9-23)5-18(22-17)15-8-21-16-3-1-12(20)7-14(15)16/h1-8,21,23H,9H2. The topological polar surface area (TPSA) is 48.9 Å². The summed E-state index contributed by atoms with van der Waals surface area (Å²) in [5, 5.41) is 11.8. The molecule has 4 aromatic rings. The Balaban J connectivity index is 2.01. The highest BCUT2D eigenvalue weighted by atomic mass is 79.9. The number of aliphatic hydroxyl groups is 1. The van der Waals surface area contributed by atoms with Crippen molar-refractivity contribution in [3.8, 4) is 11.3 Å². The zero-order valence-corrected chi connectivity index (χ0v) is 15.1. The van der Waals surface area contributed by atoms with E-state index in [1.807, 2.05) is 42.6 Å². The van der Waals surface area contributed by atoms with E-state index in [0.717, 1.165) is 47.6 Å². The summed E-state index contributed by atoms with van der Waals surface area (Å²) in [6, 6.07) is 14.0. The summed E-state index contributed by atoms with van der Waals surface area (Å²) in [7, 11) is 0. The third-order valence-electron chi connectivity index (χ3n) is 3.95. The van der Waals surface area contributed by atoms with Crippen molar-refractivity contribution in [1.29, 1.82) is 0 Å². The number of rotatable bonds is 2. The fourth-order valence-electron chi connectivity index (χ4n) is 2.84. The number of aromatic nitrogens is 2. The molecule has 114 valence electrons. The highest BCUT2D eigenvalue weighted by Crippen LogP contribution is 2.32. The largest absolute Gasteiger partial charge is 0.392 e. The summed E-state index contributed by atoms with van der Waals surface area (Å²) in [6.07, 6.45) is 1.96. The van der Waals surface area contributed by atoms with Crippen LogP contribution in [-0.2, 0) is 6.61 Å². The molecule has 0 aliphatic carbocycles. The van der Waals surface area contributed by atoms with Crippen molar-refractivity contribution in [3.05, 3.63) is 63.2 Å². The number of nitrogens with one attached hydrogen (secondary N) is 1. The molecular formula is C18H12Br2N2O. The number of fused-ring (bicyclic) bond motifs is 2. The predicted octanol–water partition coefficient (Wildman–Crippen LogP) is 5.40. The van der Waals surface area contributed by atoms with Gasteiger partial charge in [0, 0.05) is 37.0 Å². The SMILES string of the molecule is OCc1cc(-c2c[nH]c3ccc(Br)cc23)nc2ccc(Br)cc12. The van der Waals surface area contributed by atoms with Crippen molar-refractivity contribution in [2.75, 3.05) is 0 Å². The van der Waals surface area contributed by atoms with Gasteiger partial charge in [-0.25, -0.2) is 4.98 Å². The van der Waals surface area contributed by atoms with Crippen LogP contribution in [-0.4, -0.2) is 15.1 Å². The predicted molar refractivity (Wildman–Crippen MR) is 100 cm³/mol. The second kappa shape index (κ2) is 5.74. The number of aliphatic hydroxyl groups excluding tert-OH is 1. The van der Waals surface area contributed by atoms with Crippen LogP contribution in [0.1, 0.15) is 5.56 Å². The Morgan fingerprint density at radius 1 is 0.957 bits per heavy atom. The Hall–Kier alpha value is -1.69. The van der Waals surface area contributed by atoms with Crippen molar-refractivity contribution in [1.82, 2.24) is 9.97 Å². The maximum absolute atomic E-state index is 9.75. The normalized spacial score (nSPS) is 11.4. The minimum absolute atomic E-state index is 0.0193. The maximum Gasteiger partial charge on any atom is 0.0734 e. The first-order chi connectivity index (χ1) is 11.2. The van der Waals surface area contributed by atoms with Crippen LogP contribution in [0.25, 0.3) is 33.1 Å². The van der Waals surface area contributed by atoms with Crippen LogP contribution < -0.4 is 0 Å². The summed E-state index contributed by atoms with van der Waals surface area (Å²) in [5.41, 5.74) is 4.69. The smallest absolute Gasteiger partial charge is 0.0734 e. The second-order valence-electron chi connectivity index (χ2n) is 5.38. The van der Waals surface area contributed by atoms with Crippen LogP contribution in [0.3, 0.4) is 0 Å². The fraction of sp³-hybridized carbons (Fsp3) is 0.0556. The molecule has 2 aromatic heterocycles. The molecule has 2 aromatic carbocycles. The van der Waals surface area contributed by atoms with Gasteiger partial charge in [0.05, 0.1) is 17.8 Å². The quantitative estimate of drug-likeness (QED) is 0.446. The number of pyridine rings is 1. The zero-order valence-electron chi connectivity index (χ0n) is 12.0. The minimum Gasteiger partial charge on any atom is -0.392 e. The van der Waals surface area contributed by atoms with Crippen LogP contribution in [0.4, 0.5) is 0 Å². The van der Waals surface area contributed by atoms with Crippen molar-refractivity contribution < 1.29 is 5.11 Å². The van der Waals surface area contributed by atoms with Gasteiger partial charge < -0.3 is 10.1 Å². The lowest BCUT2D eigenvalue weighted by molar-refractivity contribution is 0.283. The first-order valence-corrected chi connectivity index (χ1v) is 8.71. The van der Waals surface area contributed by atoms with Gasteiger partial charge in [0.15, 0.2) is 0 Å². The van der Waals surface area contributed by atoms with Crippen molar-refractivity contribution >= 4 is 53.7 Å². The minimum atomic E-state index is -0.0193. The first-order valence-electron chi connectivity index (χ1n) is 7.13. The lowest BCUT2D eigenvalue weighted by atomic mass is 10.0. The molecule has 0 spiro atoms. The molecule has 3 nitrogen and oxygen atoms in total. The molecule has 0 radical (unpaired) electrons. The molecule has 5 heteroatoms. The Labute approximate surface area is 149 Å². The molecule has 4 rings (SSSR count). The van der Waals surface area contributed by atoms with Crippen LogP contribution in [0.2, 0.25) is 0 Å². The highest BCUT2D eigenvalue weighted by molar-refractivity contribution is 9.10. The molecule has 0 atom stereocenters.